The van der Waals surface area contributed by atoms with Crippen LogP contribution in [0.4, 0.5) is 27.6 Å². The standard InChI is InChI=1S/C27H33F5N4O5/c1-15-21(18-4-5-19(28)22(29)23(18)40-11-8-35-6-9-38-10-7-35)24(41-26(15,3)27(30,31)32)25(37)33-20-12-36(34-16(20)2)17-13-39-14-17/h4-5,12,15,17,21,24H,6-11,13-14H2,1-3H3,(H,33,37)/t15-,21-,24+,26+/m0/s1. The van der Waals surface area contributed by atoms with Crippen LogP contribution in [0.2, 0.25) is 0 Å². The maximum Gasteiger partial charge on any atom is 0.417 e. The molecule has 1 aromatic carbocycles. The maximum atomic E-state index is 15.2. The van der Waals surface area contributed by atoms with Crippen LogP contribution in [0.1, 0.15) is 37.1 Å². The Bertz CT molecular complexity index is 1260. The minimum absolute atomic E-state index is 0.0114. The van der Waals surface area contributed by atoms with Crippen molar-refractivity contribution in [2.24, 2.45) is 5.92 Å². The number of hydrogen-bond acceptors (Lipinski definition) is 7. The third-order valence-corrected chi connectivity index (χ3v) is 8.29. The zero-order valence-corrected chi connectivity index (χ0v) is 23.0. The van der Waals surface area contributed by atoms with E-state index >= 15 is 4.39 Å². The first-order chi connectivity index (χ1) is 19.4. The van der Waals surface area contributed by atoms with E-state index in [0.29, 0.717) is 57.4 Å². The second kappa shape index (κ2) is 11.5. The lowest BCUT2D eigenvalue weighted by molar-refractivity contribution is -0.272. The highest BCUT2D eigenvalue weighted by atomic mass is 19.4. The summed E-state index contributed by atoms with van der Waals surface area (Å²) in [6.07, 6.45) is -4.98. The van der Waals surface area contributed by atoms with E-state index in [1.54, 1.807) is 17.8 Å². The van der Waals surface area contributed by atoms with Gasteiger partial charge in [0.05, 0.1) is 43.9 Å². The average molecular weight is 589 g/mol. The van der Waals surface area contributed by atoms with Crippen molar-refractivity contribution in [1.29, 1.82) is 0 Å². The van der Waals surface area contributed by atoms with Crippen LogP contribution in [0.5, 0.6) is 5.75 Å². The predicted molar refractivity (Wildman–Crippen MR) is 136 cm³/mol. The second-order valence-electron chi connectivity index (χ2n) is 10.8. The number of rotatable bonds is 8. The van der Waals surface area contributed by atoms with Crippen LogP contribution >= 0.6 is 0 Å². The fraction of sp³-hybridized carbons (Fsp3) is 0.630. The van der Waals surface area contributed by atoms with Gasteiger partial charge < -0.3 is 24.3 Å². The fourth-order valence-corrected chi connectivity index (χ4v) is 5.45. The number of aromatic nitrogens is 2. The Morgan fingerprint density at radius 2 is 1.90 bits per heavy atom. The first-order valence-electron chi connectivity index (χ1n) is 13.5. The summed E-state index contributed by atoms with van der Waals surface area (Å²) in [6.45, 7) is 7.32. The number of aryl methyl sites for hydroxylation is 1. The number of benzene rings is 1. The quantitative estimate of drug-likeness (QED) is 0.470. The molecule has 2 aromatic rings. The molecule has 226 valence electrons. The van der Waals surface area contributed by atoms with E-state index in [1.165, 1.54) is 6.92 Å². The zero-order valence-electron chi connectivity index (χ0n) is 23.0. The number of halogens is 5. The van der Waals surface area contributed by atoms with Crippen LogP contribution < -0.4 is 10.1 Å². The van der Waals surface area contributed by atoms with E-state index in [1.807, 2.05) is 4.90 Å². The molecule has 3 aliphatic rings. The molecule has 1 amide bonds. The predicted octanol–water partition coefficient (Wildman–Crippen LogP) is 3.83. The van der Waals surface area contributed by atoms with Gasteiger partial charge in [0.2, 0.25) is 5.82 Å². The number of nitrogens with one attached hydrogen (secondary N) is 1. The van der Waals surface area contributed by atoms with Crippen molar-refractivity contribution in [2.75, 3.05) is 58.0 Å². The monoisotopic (exact) mass is 588 g/mol. The molecule has 9 nitrogen and oxygen atoms in total. The van der Waals surface area contributed by atoms with Gasteiger partial charge in [0, 0.05) is 43.2 Å². The second-order valence-corrected chi connectivity index (χ2v) is 10.8. The average Bonchev–Trinajstić information content (AvgIpc) is 3.38. The van der Waals surface area contributed by atoms with Crippen molar-refractivity contribution in [3.8, 4) is 5.75 Å². The molecule has 3 saturated heterocycles. The van der Waals surface area contributed by atoms with Gasteiger partial charge in [-0.05, 0) is 19.9 Å². The topological polar surface area (TPSA) is 87.1 Å². The Kier molecular flexibility index (Phi) is 8.30. The summed E-state index contributed by atoms with van der Waals surface area (Å²) in [4.78, 5) is 15.6. The van der Waals surface area contributed by atoms with Gasteiger partial charge in [-0.1, -0.05) is 13.0 Å². The molecular formula is C27H33F5N4O5. The minimum atomic E-state index is -4.86. The highest BCUT2D eigenvalue weighted by Crippen LogP contribution is 2.55. The summed E-state index contributed by atoms with van der Waals surface area (Å²) < 4.78 is 95.8. The van der Waals surface area contributed by atoms with Crippen LogP contribution in [-0.4, -0.2) is 91.1 Å². The van der Waals surface area contributed by atoms with E-state index in [0.717, 1.165) is 19.1 Å². The molecule has 0 spiro atoms. The van der Waals surface area contributed by atoms with Crippen LogP contribution in [0.15, 0.2) is 18.3 Å². The molecule has 4 atom stereocenters. The normalized spacial score (nSPS) is 27.6. The zero-order chi connectivity index (χ0) is 29.5. The highest BCUT2D eigenvalue weighted by molar-refractivity contribution is 5.95. The van der Waals surface area contributed by atoms with Crippen LogP contribution in [-0.2, 0) is 19.0 Å². The number of anilines is 1. The lowest BCUT2D eigenvalue weighted by atomic mass is 9.77. The summed E-state index contributed by atoms with van der Waals surface area (Å²) in [6, 6.07) is 1.97. The van der Waals surface area contributed by atoms with Crippen LogP contribution in [0.3, 0.4) is 0 Å². The van der Waals surface area contributed by atoms with E-state index in [4.69, 9.17) is 18.9 Å². The Hall–Kier alpha value is -2.81. The number of morpholine rings is 1. The van der Waals surface area contributed by atoms with Gasteiger partial charge in [-0.15, -0.1) is 0 Å². The van der Waals surface area contributed by atoms with E-state index in [9.17, 15) is 22.4 Å². The van der Waals surface area contributed by atoms with Gasteiger partial charge >= 0.3 is 6.18 Å². The van der Waals surface area contributed by atoms with Crippen molar-refractivity contribution in [3.05, 3.63) is 41.2 Å². The molecule has 5 rings (SSSR count). The summed E-state index contributed by atoms with van der Waals surface area (Å²) in [7, 11) is 0. The van der Waals surface area contributed by atoms with Crippen molar-refractivity contribution in [3.63, 3.8) is 0 Å². The van der Waals surface area contributed by atoms with Gasteiger partial charge in [0.25, 0.3) is 5.91 Å². The number of hydrogen-bond donors (Lipinski definition) is 1. The molecule has 4 heterocycles. The molecule has 1 N–H and O–H groups in total. The molecule has 0 unspecified atom stereocenters. The van der Waals surface area contributed by atoms with E-state index in [-0.39, 0.29) is 18.2 Å². The van der Waals surface area contributed by atoms with Crippen molar-refractivity contribution in [2.45, 2.75) is 50.6 Å². The first kappa shape index (κ1) is 29.7. The largest absolute Gasteiger partial charge is 0.489 e. The molecule has 3 aliphatic heterocycles. The number of ether oxygens (including phenoxy) is 4. The molecule has 0 saturated carbocycles. The smallest absolute Gasteiger partial charge is 0.417 e. The number of carbonyl (C=O) groups excluding carboxylic acids is 1. The Balaban J connectivity index is 1.45. The SMILES string of the molecule is Cc1nn(C2COC2)cc1NC(=O)[C@@H]1O[C@@](C)(C(F)(F)F)[C@@H](C)[C@H]1c1ccc(F)c(F)c1OCCN1CCOCC1. The molecular weight excluding hydrogens is 555 g/mol. The third kappa shape index (κ3) is 5.66. The van der Waals surface area contributed by atoms with Gasteiger partial charge in [-0.2, -0.15) is 22.7 Å². The summed E-state index contributed by atoms with van der Waals surface area (Å²) in [5.41, 5.74) is -2.08. The summed E-state index contributed by atoms with van der Waals surface area (Å²) in [5.74, 6) is -6.63. The van der Waals surface area contributed by atoms with Gasteiger partial charge in [-0.25, -0.2) is 4.39 Å². The summed E-state index contributed by atoms with van der Waals surface area (Å²) >= 11 is 0. The lowest BCUT2D eigenvalue weighted by Crippen LogP contribution is -2.47. The van der Waals surface area contributed by atoms with Gasteiger partial charge in [-0.3, -0.25) is 14.4 Å². The van der Waals surface area contributed by atoms with E-state index in [2.05, 4.69) is 10.4 Å². The minimum Gasteiger partial charge on any atom is -0.489 e. The molecule has 0 radical (unpaired) electrons. The fourth-order valence-electron chi connectivity index (χ4n) is 5.45. The van der Waals surface area contributed by atoms with E-state index < -0.39 is 53.0 Å². The maximum absolute atomic E-state index is 15.2. The lowest BCUT2D eigenvalue weighted by Gasteiger charge is -2.32. The van der Waals surface area contributed by atoms with Crippen molar-refractivity contribution in [1.82, 2.24) is 14.7 Å². The van der Waals surface area contributed by atoms with Crippen LogP contribution in [0.25, 0.3) is 0 Å². The first-order valence-corrected chi connectivity index (χ1v) is 13.5. The molecule has 41 heavy (non-hydrogen) atoms. The molecule has 1 aromatic heterocycles. The summed E-state index contributed by atoms with van der Waals surface area (Å²) in [5, 5.41) is 6.99. The number of alkyl halides is 3. The third-order valence-electron chi connectivity index (χ3n) is 8.29. The highest BCUT2D eigenvalue weighted by Gasteiger charge is 2.66. The van der Waals surface area contributed by atoms with Gasteiger partial charge in [0.1, 0.15) is 12.7 Å². The Morgan fingerprint density at radius 1 is 1.20 bits per heavy atom. The number of carbonyl (C=O) groups is 1. The Morgan fingerprint density at radius 3 is 2.54 bits per heavy atom. The van der Waals surface area contributed by atoms with Gasteiger partial charge in [0.15, 0.2) is 17.2 Å². The van der Waals surface area contributed by atoms with Crippen molar-refractivity contribution < 1.29 is 45.7 Å². The number of amides is 1. The van der Waals surface area contributed by atoms with Crippen LogP contribution in [0, 0.1) is 24.5 Å². The number of nitrogens with zero attached hydrogens (tertiary/aromatic N) is 3. The molecule has 0 aliphatic carbocycles. The van der Waals surface area contributed by atoms with Crippen molar-refractivity contribution >= 4 is 11.6 Å². The Labute approximate surface area is 233 Å². The molecule has 14 heteroatoms. The molecule has 0 bridgehead atoms. The molecule has 3 fully saturated rings.